The lowest BCUT2D eigenvalue weighted by Crippen LogP contribution is -2.50. The first kappa shape index (κ1) is 16.4. The third-order valence-corrected chi connectivity index (χ3v) is 4.95. The molecule has 1 amide bonds. The predicted octanol–water partition coefficient (Wildman–Crippen LogP) is -0.0648. The number of carbonyl (C=O) groups is 1. The maximum absolute atomic E-state index is 12.2. The van der Waals surface area contributed by atoms with Crippen molar-refractivity contribution in [1.29, 1.82) is 0 Å². The van der Waals surface area contributed by atoms with Gasteiger partial charge in [-0.2, -0.15) is 0 Å². The van der Waals surface area contributed by atoms with E-state index < -0.39 is 16.1 Å². The molecule has 1 aliphatic rings. The van der Waals surface area contributed by atoms with Crippen LogP contribution in [-0.4, -0.2) is 55.8 Å². The van der Waals surface area contributed by atoms with Gasteiger partial charge < -0.3 is 10.0 Å². The van der Waals surface area contributed by atoms with Crippen LogP contribution < -0.4 is 4.72 Å². The number of hydrogen-bond acceptors (Lipinski definition) is 4. The first-order chi connectivity index (χ1) is 8.89. The minimum atomic E-state index is -3.38. The number of hydrogen-bond donors (Lipinski definition) is 2. The summed E-state index contributed by atoms with van der Waals surface area (Å²) in [5.41, 5.74) is 0. The van der Waals surface area contributed by atoms with Crippen molar-refractivity contribution >= 4 is 15.9 Å². The number of nitrogens with one attached hydrogen (secondary N) is 1. The number of aliphatic hydroxyl groups is 1. The highest BCUT2D eigenvalue weighted by atomic mass is 32.2. The lowest BCUT2D eigenvalue weighted by Gasteiger charge is -2.33. The molecule has 1 saturated heterocycles. The topological polar surface area (TPSA) is 86.7 Å². The van der Waals surface area contributed by atoms with E-state index in [-0.39, 0.29) is 24.2 Å². The smallest absolute Gasteiger partial charge is 0.240 e. The van der Waals surface area contributed by atoms with Crippen LogP contribution in [0.1, 0.15) is 33.1 Å². The second-order valence-corrected chi connectivity index (χ2v) is 7.01. The second-order valence-electron chi connectivity index (χ2n) is 5.13. The van der Waals surface area contributed by atoms with Gasteiger partial charge in [0.2, 0.25) is 15.9 Å². The number of likely N-dealkylation sites (tertiary alicyclic amines) is 1. The van der Waals surface area contributed by atoms with E-state index in [0.717, 1.165) is 12.8 Å². The number of piperidine rings is 1. The first-order valence-electron chi connectivity index (χ1n) is 6.79. The van der Waals surface area contributed by atoms with Gasteiger partial charge in [0, 0.05) is 19.7 Å². The average molecular weight is 292 g/mol. The van der Waals surface area contributed by atoms with Crippen molar-refractivity contribution in [2.24, 2.45) is 5.92 Å². The highest BCUT2D eigenvalue weighted by Crippen LogP contribution is 2.16. The van der Waals surface area contributed by atoms with Gasteiger partial charge in [-0.1, -0.05) is 6.92 Å². The van der Waals surface area contributed by atoms with Gasteiger partial charge in [-0.25, -0.2) is 13.1 Å². The van der Waals surface area contributed by atoms with E-state index in [0.29, 0.717) is 19.5 Å². The number of nitrogens with zero attached hydrogens (tertiary/aromatic N) is 1. The number of carbonyl (C=O) groups excluding carboxylic acids is 1. The van der Waals surface area contributed by atoms with E-state index in [1.165, 1.54) is 0 Å². The molecular formula is C12H24N2O4S. The molecule has 0 aromatic rings. The van der Waals surface area contributed by atoms with E-state index >= 15 is 0 Å². The minimum absolute atomic E-state index is 0.0316. The summed E-state index contributed by atoms with van der Waals surface area (Å²) in [4.78, 5) is 13.8. The van der Waals surface area contributed by atoms with Crippen molar-refractivity contribution in [3.05, 3.63) is 0 Å². The quantitative estimate of drug-likeness (QED) is 0.718. The van der Waals surface area contributed by atoms with E-state index in [4.69, 9.17) is 5.11 Å². The van der Waals surface area contributed by atoms with Crippen molar-refractivity contribution in [1.82, 2.24) is 9.62 Å². The van der Waals surface area contributed by atoms with Crippen LogP contribution in [0.5, 0.6) is 0 Å². The molecule has 2 atom stereocenters. The summed E-state index contributed by atoms with van der Waals surface area (Å²) in [6, 6.07) is -0.742. The molecule has 0 aliphatic carbocycles. The van der Waals surface area contributed by atoms with Crippen LogP contribution in [0.15, 0.2) is 0 Å². The Morgan fingerprint density at radius 1 is 1.53 bits per heavy atom. The molecule has 0 saturated carbocycles. The van der Waals surface area contributed by atoms with Gasteiger partial charge in [0.1, 0.15) is 0 Å². The van der Waals surface area contributed by atoms with Gasteiger partial charge in [-0.15, -0.1) is 0 Å². The summed E-state index contributed by atoms with van der Waals surface area (Å²) in [5, 5.41) is 9.14. The summed E-state index contributed by atoms with van der Waals surface area (Å²) in [6.07, 6.45) is 2.29. The molecular weight excluding hydrogens is 268 g/mol. The van der Waals surface area contributed by atoms with E-state index in [1.807, 2.05) is 0 Å². The Balaban J connectivity index is 2.57. The zero-order valence-corrected chi connectivity index (χ0v) is 12.4. The maximum Gasteiger partial charge on any atom is 0.240 e. The Morgan fingerprint density at radius 3 is 2.79 bits per heavy atom. The van der Waals surface area contributed by atoms with Crippen LogP contribution in [0.25, 0.3) is 0 Å². The fourth-order valence-electron chi connectivity index (χ4n) is 2.34. The van der Waals surface area contributed by atoms with Crippen LogP contribution in [0, 0.1) is 5.92 Å². The Bertz CT molecular complexity index is 397. The normalized spacial score (nSPS) is 22.3. The number of aliphatic hydroxyl groups excluding tert-OH is 1. The summed E-state index contributed by atoms with van der Waals surface area (Å²) in [6.45, 7) is 4.56. The van der Waals surface area contributed by atoms with Crippen molar-refractivity contribution in [3.8, 4) is 0 Å². The first-order valence-corrected chi connectivity index (χ1v) is 8.44. The fourth-order valence-corrected chi connectivity index (χ4v) is 3.63. The van der Waals surface area contributed by atoms with Gasteiger partial charge in [-0.3, -0.25) is 4.79 Å². The Morgan fingerprint density at radius 2 is 2.21 bits per heavy atom. The standard InChI is InChI=1S/C12H24N2O4S/c1-3-7-19(17,18)13-10(2)12(16)14-6-4-5-11(8-14)9-15/h10-11,13,15H,3-9H2,1-2H3. The van der Waals surface area contributed by atoms with Gasteiger partial charge in [0.15, 0.2) is 0 Å². The molecule has 0 radical (unpaired) electrons. The number of sulfonamides is 1. The molecule has 1 aliphatic heterocycles. The molecule has 0 bridgehead atoms. The summed E-state index contributed by atoms with van der Waals surface area (Å²) >= 11 is 0. The zero-order valence-electron chi connectivity index (χ0n) is 11.6. The lowest BCUT2D eigenvalue weighted by molar-refractivity contribution is -0.134. The predicted molar refractivity (Wildman–Crippen MR) is 73.1 cm³/mol. The van der Waals surface area contributed by atoms with Crippen molar-refractivity contribution in [2.45, 2.75) is 39.2 Å². The number of rotatable bonds is 6. The van der Waals surface area contributed by atoms with Crippen molar-refractivity contribution < 1.29 is 18.3 Å². The highest BCUT2D eigenvalue weighted by Gasteiger charge is 2.28. The second kappa shape index (κ2) is 7.21. The molecule has 1 heterocycles. The van der Waals surface area contributed by atoms with Crippen LogP contribution in [0.4, 0.5) is 0 Å². The van der Waals surface area contributed by atoms with Crippen LogP contribution in [-0.2, 0) is 14.8 Å². The minimum Gasteiger partial charge on any atom is -0.396 e. The Hall–Kier alpha value is -0.660. The molecule has 1 fully saturated rings. The fraction of sp³-hybridized carbons (Fsp3) is 0.917. The third-order valence-electron chi connectivity index (χ3n) is 3.29. The maximum atomic E-state index is 12.2. The molecule has 2 N–H and O–H groups in total. The molecule has 112 valence electrons. The summed E-state index contributed by atoms with van der Waals surface area (Å²) in [5.74, 6) is -0.0702. The van der Waals surface area contributed by atoms with Crippen molar-refractivity contribution in [2.75, 3.05) is 25.4 Å². The van der Waals surface area contributed by atoms with Gasteiger partial charge in [-0.05, 0) is 32.1 Å². The van der Waals surface area contributed by atoms with E-state index in [9.17, 15) is 13.2 Å². The number of amides is 1. The zero-order chi connectivity index (χ0) is 14.5. The van der Waals surface area contributed by atoms with Crippen LogP contribution in [0.3, 0.4) is 0 Å². The third kappa shape index (κ3) is 5.08. The highest BCUT2D eigenvalue weighted by molar-refractivity contribution is 7.89. The van der Waals surface area contributed by atoms with Crippen LogP contribution >= 0.6 is 0 Å². The van der Waals surface area contributed by atoms with Crippen molar-refractivity contribution in [3.63, 3.8) is 0 Å². The molecule has 0 spiro atoms. The lowest BCUT2D eigenvalue weighted by atomic mass is 9.98. The van der Waals surface area contributed by atoms with Gasteiger partial charge >= 0.3 is 0 Å². The van der Waals surface area contributed by atoms with Gasteiger partial charge in [0.05, 0.1) is 11.8 Å². The molecule has 1 rings (SSSR count). The summed E-state index contributed by atoms with van der Waals surface area (Å²) < 4.78 is 25.7. The molecule has 0 aromatic heterocycles. The molecule has 6 nitrogen and oxygen atoms in total. The molecule has 19 heavy (non-hydrogen) atoms. The van der Waals surface area contributed by atoms with E-state index in [2.05, 4.69) is 4.72 Å². The summed E-state index contributed by atoms with van der Waals surface area (Å²) in [7, 11) is -3.38. The average Bonchev–Trinajstić information content (AvgIpc) is 2.37. The SMILES string of the molecule is CCCS(=O)(=O)NC(C)C(=O)N1CCCC(CO)C1. The Kier molecular flexibility index (Phi) is 6.22. The monoisotopic (exact) mass is 292 g/mol. The molecule has 7 heteroatoms. The largest absolute Gasteiger partial charge is 0.396 e. The van der Waals surface area contributed by atoms with Gasteiger partial charge in [0.25, 0.3) is 0 Å². The Labute approximate surface area is 115 Å². The van der Waals surface area contributed by atoms with Crippen LogP contribution in [0.2, 0.25) is 0 Å². The molecule has 0 aromatic carbocycles. The molecule has 2 unspecified atom stereocenters. The van der Waals surface area contributed by atoms with E-state index in [1.54, 1.807) is 18.7 Å².